The third kappa shape index (κ3) is 3.56. The van der Waals surface area contributed by atoms with E-state index in [1.54, 1.807) is 12.1 Å². The minimum absolute atomic E-state index is 0.128. The summed E-state index contributed by atoms with van der Waals surface area (Å²) in [5.41, 5.74) is 0.266. The Bertz CT molecular complexity index is 444. The first-order valence-electron chi connectivity index (χ1n) is 6.76. The van der Waals surface area contributed by atoms with Crippen molar-refractivity contribution in [1.82, 2.24) is 5.32 Å². The van der Waals surface area contributed by atoms with Gasteiger partial charge in [-0.05, 0) is 30.4 Å². The zero-order chi connectivity index (χ0) is 13.7. The van der Waals surface area contributed by atoms with Gasteiger partial charge in [0.1, 0.15) is 5.82 Å². The molecule has 0 unspecified atom stereocenters. The van der Waals surface area contributed by atoms with Crippen molar-refractivity contribution in [3.63, 3.8) is 0 Å². The summed E-state index contributed by atoms with van der Waals surface area (Å²) < 4.78 is 13.5. The highest BCUT2D eigenvalue weighted by Crippen LogP contribution is 2.37. The average Bonchev–Trinajstić information content (AvgIpc) is 2.46. The normalized spacial score (nSPS) is 18.0. The van der Waals surface area contributed by atoms with Gasteiger partial charge < -0.3 is 5.32 Å². The van der Waals surface area contributed by atoms with E-state index in [2.05, 4.69) is 21.2 Å². The van der Waals surface area contributed by atoms with Gasteiger partial charge >= 0.3 is 0 Å². The number of alkyl halides is 1. The number of rotatable bonds is 4. The molecule has 0 radical (unpaired) electrons. The van der Waals surface area contributed by atoms with Crippen LogP contribution < -0.4 is 5.32 Å². The van der Waals surface area contributed by atoms with E-state index in [0.29, 0.717) is 6.54 Å². The van der Waals surface area contributed by atoms with Gasteiger partial charge in [-0.3, -0.25) is 4.79 Å². The Morgan fingerprint density at radius 2 is 1.95 bits per heavy atom. The predicted octanol–water partition coefficient (Wildman–Crippen LogP) is 3.90. The molecule has 0 spiro atoms. The van der Waals surface area contributed by atoms with E-state index in [-0.39, 0.29) is 16.9 Å². The summed E-state index contributed by atoms with van der Waals surface area (Å²) in [6, 6.07) is 6.11. The summed E-state index contributed by atoms with van der Waals surface area (Å²) in [5, 5.41) is 3.78. The van der Waals surface area contributed by atoms with Gasteiger partial charge in [-0.15, -0.1) is 0 Å². The quantitative estimate of drug-likeness (QED) is 0.835. The maximum atomic E-state index is 13.5. The molecule has 1 amide bonds. The first kappa shape index (κ1) is 14.5. The van der Waals surface area contributed by atoms with E-state index in [4.69, 9.17) is 0 Å². The van der Waals surface area contributed by atoms with Crippen molar-refractivity contribution in [2.24, 2.45) is 5.41 Å². The van der Waals surface area contributed by atoms with E-state index >= 15 is 0 Å². The molecule has 0 heterocycles. The van der Waals surface area contributed by atoms with Crippen molar-refractivity contribution in [3.8, 4) is 0 Å². The molecule has 1 N–H and O–H groups in total. The lowest BCUT2D eigenvalue weighted by Crippen LogP contribution is -2.40. The van der Waals surface area contributed by atoms with Gasteiger partial charge in [0.25, 0.3) is 5.91 Å². The number of halogens is 2. The fourth-order valence-electron chi connectivity index (χ4n) is 2.67. The monoisotopic (exact) mass is 327 g/mol. The van der Waals surface area contributed by atoms with Crippen LogP contribution in [0.2, 0.25) is 0 Å². The molecule has 104 valence electrons. The Balaban J connectivity index is 1.98. The fraction of sp³-hybridized carbons (Fsp3) is 0.533. The Kier molecular flexibility index (Phi) is 4.97. The van der Waals surface area contributed by atoms with Crippen molar-refractivity contribution in [2.45, 2.75) is 32.1 Å². The minimum Gasteiger partial charge on any atom is -0.351 e. The van der Waals surface area contributed by atoms with Crippen LogP contribution >= 0.6 is 15.9 Å². The van der Waals surface area contributed by atoms with Crippen LogP contribution in [0.3, 0.4) is 0 Å². The molecule has 0 aliphatic heterocycles. The molecule has 0 saturated heterocycles. The Hall–Kier alpha value is -0.900. The van der Waals surface area contributed by atoms with E-state index in [9.17, 15) is 9.18 Å². The maximum absolute atomic E-state index is 13.5. The highest BCUT2D eigenvalue weighted by molar-refractivity contribution is 9.09. The number of amides is 1. The number of benzene rings is 1. The van der Waals surface area contributed by atoms with Crippen LogP contribution in [-0.4, -0.2) is 17.8 Å². The van der Waals surface area contributed by atoms with Gasteiger partial charge in [0.2, 0.25) is 0 Å². The van der Waals surface area contributed by atoms with Crippen LogP contribution in [0.25, 0.3) is 0 Å². The molecule has 1 aromatic rings. The zero-order valence-electron chi connectivity index (χ0n) is 10.9. The highest BCUT2D eigenvalue weighted by atomic mass is 79.9. The predicted molar refractivity (Wildman–Crippen MR) is 78.0 cm³/mol. The third-order valence-electron chi connectivity index (χ3n) is 3.94. The molecule has 19 heavy (non-hydrogen) atoms. The molecule has 1 aliphatic carbocycles. The van der Waals surface area contributed by atoms with Crippen LogP contribution in [0.4, 0.5) is 4.39 Å². The van der Waals surface area contributed by atoms with Crippen molar-refractivity contribution in [1.29, 1.82) is 0 Å². The molecule has 2 nitrogen and oxygen atoms in total. The van der Waals surface area contributed by atoms with E-state index in [1.165, 1.54) is 31.4 Å². The molecule has 2 rings (SSSR count). The summed E-state index contributed by atoms with van der Waals surface area (Å²) in [7, 11) is 0. The van der Waals surface area contributed by atoms with Gasteiger partial charge in [-0.25, -0.2) is 4.39 Å². The molecule has 1 aromatic carbocycles. The lowest BCUT2D eigenvalue weighted by Gasteiger charge is -2.35. The third-order valence-corrected chi connectivity index (χ3v) is 5.13. The maximum Gasteiger partial charge on any atom is 0.254 e. The van der Waals surface area contributed by atoms with Crippen LogP contribution in [0.5, 0.6) is 0 Å². The molecule has 1 aliphatic rings. The second-order valence-corrected chi connectivity index (χ2v) is 5.92. The van der Waals surface area contributed by atoms with E-state index < -0.39 is 5.82 Å². The molecular formula is C15H19BrFNO. The Morgan fingerprint density at radius 1 is 1.26 bits per heavy atom. The molecule has 1 saturated carbocycles. The lowest BCUT2D eigenvalue weighted by molar-refractivity contribution is 0.0918. The second kappa shape index (κ2) is 6.51. The Morgan fingerprint density at radius 3 is 2.58 bits per heavy atom. The second-order valence-electron chi connectivity index (χ2n) is 5.36. The van der Waals surface area contributed by atoms with Crippen molar-refractivity contribution >= 4 is 21.8 Å². The summed E-state index contributed by atoms with van der Waals surface area (Å²) in [4.78, 5) is 12.0. The number of carbonyl (C=O) groups excluding carboxylic acids is 1. The van der Waals surface area contributed by atoms with E-state index in [1.807, 2.05) is 0 Å². The fourth-order valence-corrected chi connectivity index (χ4v) is 3.43. The van der Waals surface area contributed by atoms with Crippen LogP contribution in [0.1, 0.15) is 42.5 Å². The Labute approximate surface area is 121 Å². The number of nitrogens with one attached hydrogen (secondary N) is 1. The van der Waals surface area contributed by atoms with Crippen molar-refractivity contribution in [2.75, 3.05) is 11.9 Å². The highest BCUT2D eigenvalue weighted by Gasteiger charge is 2.31. The van der Waals surface area contributed by atoms with Crippen LogP contribution in [0, 0.1) is 11.2 Å². The smallest absolute Gasteiger partial charge is 0.254 e. The number of hydrogen-bond donors (Lipinski definition) is 1. The van der Waals surface area contributed by atoms with Gasteiger partial charge in [0, 0.05) is 11.9 Å². The first-order valence-corrected chi connectivity index (χ1v) is 7.88. The largest absolute Gasteiger partial charge is 0.351 e. The molecular weight excluding hydrogens is 309 g/mol. The van der Waals surface area contributed by atoms with Gasteiger partial charge in [0.15, 0.2) is 0 Å². The summed E-state index contributed by atoms with van der Waals surface area (Å²) >= 11 is 3.56. The average molecular weight is 328 g/mol. The SMILES string of the molecule is O=C(NCC1(CBr)CCCCC1)c1ccccc1F. The standard InChI is InChI=1S/C15H19BrFNO/c16-10-15(8-4-1-5-9-15)11-18-14(19)12-6-2-3-7-13(12)17/h2-3,6-7H,1,4-5,8-11H2,(H,18,19). The molecule has 0 atom stereocenters. The molecule has 0 aromatic heterocycles. The molecule has 4 heteroatoms. The molecule has 1 fully saturated rings. The van der Waals surface area contributed by atoms with E-state index in [0.717, 1.165) is 18.2 Å². The minimum atomic E-state index is -0.462. The number of hydrogen-bond acceptors (Lipinski definition) is 1. The first-order chi connectivity index (χ1) is 9.17. The number of carbonyl (C=O) groups is 1. The lowest BCUT2D eigenvalue weighted by atomic mass is 9.75. The van der Waals surface area contributed by atoms with Gasteiger partial charge in [-0.1, -0.05) is 47.3 Å². The molecule has 0 bridgehead atoms. The summed E-state index contributed by atoms with van der Waals surface area (Å²) in [6.45, 7) is 0.616. The summed E-state index contributed by atoms with van der Waals surface area (Å²) in [5.74, 6) is -0.777. The van der Waals surface area contributed by atoms with Crippen molar-refractivity contribution < 1.29 is 9.18 Å². The topological polar surface area (TPSA) is 29.1 Å². The van der Waals surface area contributed by atoms with Crippen LogP contribution in [-0.2, 0) is 0 Å². The summed E-state index contributed by atoms with van der Waals surface area (Å²) in [6.07, 6.45) is 5.93. The van der Waals surface area contributed by atoms with Crippen molar-refractivity contribution in [3.05, 3.63) is 35.6 Å². The zero-order valence-corrected chi connectivity index (χ0v) is 12.5. The van der Waals surface area contributed by atoms with Gasteiger partial charge in [-0.2, -0.15) is 0 Å². The van der Waals surface area contributed by atoms with Gasteiger partial charge in [0.05, 0.1) is 5.56 Å². The van der Waals surface area contributed by atoms with Crippen LogP contribution in [0.15, 0.2) is 24.3 Å².